The van der Waals surface area contributed by atoms with Gasteiger partial charge in [0, 0.05) is 28.5 Å². The lowest BCUT2D eigenvalue weighted by Gasteiger charge is -2.14. The molecule has 0 saturated heterocycles. The molecule has 5 aromatic rings. The zero-order chi connectivity index (χ0) is 30.8. The van der Waals surface area contributed by atoms with E-state index in [1.54, 1.807) is 29.2 Å². The molecular weight excluding hydrogens is 499 g/mol. The summed E-state index contributed by atoms with van der Waals surface area (Å²) in [5.74, 6) is -0.337. The second-order valence-electron chi connectivity index (χ2n) is 7.89. The molecule has 13 heteroatoms. The molecule has 0 aliphatic carbocycles. The zero-order valence-electron chi connectivity index (χ0n) is 24.4. The normalized spacial score (nSPS) is 14.1. The highest BCUT2D eigenvalue weighted by Crippen LogP contribution is 2.27. The van der Waals surface area contributed by atoms with Crippen molar-refractivity contribution < 1.29 is 24.8 Å². The molecule has 0 aliphatic rings. The number of rotatable bonds is 9. The first kappa shape index (κ1) is 19.3. The minimum atomic E-state index is -4.52. The van der Waals surface area contributed by atoms with Crippen molar-refractivity contribution >= 4 is 22.8 Å². The van der Waals surface area contributed by atoms with Crippen LogP contribution in [0, 0.1) is 0 Å². The number of halogens is 3. The van der Waals surface area contributed by atoms with Gasteiger partial charge in [0.2, 0.25) is 11.8 Å². The monoisotopic (exact) mass is 526 g/mol. The summed E-state index contributed by atoms with van der Waals surface area (Å²) in [6.07, 6.45) is 0.0141. The number of ether oxygens (including phenoxy) is 1. The largest absolute Gasteiger partial charge is 0.478 e. The van der Waals surface area contributed by atoms with Crippen molar-refractivity contribution in [3.8, 4) is 22.8 Å². The fourth-order valence-electron chi connectivity index (χ4n) is 3.50. The van der Waals surface area contributed by atoms with Gasteiger partial charge in [-0.1, -0.05) is 17.3 Å². The van der Waals surface area contributed by atoms with E-state index in [1.807, 2.05) is 24.3 Å². The van der Waals surface area contributed by atoms with Crippen LogP contribution in [0.3, 0.4) is 0 Å². The number of alkyl halides is 3. The second-order valence-corrected chi connectivity index (χ2v) is 7.89. The van der Waals surface area contributed by atoms with E-state index in [1.165, 1.54) is 18.3 Å². The third-order valence-corrected chi connectivity index (χ3v) is 5.26. The Morgan fingerprint density at radius 2 is 1.89 bits per heavy atom. The third kappa shape index (κ3) is 5.94. The second kappa shape index (κ2) is 10.7. The molecule has 0 unspecified atom stereocenters. The quantitative estimate of drug-likeness (QED) is 0.283. The topological polar surface area (TPSA) is 116 Å². The maximum Gasteiger partial charge on any atom is 0.405 e. The van der Waals surface area contributed by atoms with Crippen molar-refractivity contribution in [2.45, 2.75) is 19.6 Å². The molecule has 10 nitrogen and oxygen atoms in total. The van der Waals surface area contributed by atoms with Crippen LogP contribution in [-0.4, -0.2) is 54.2 Å². The lowest BCUT2D eigenvalue weighted by molar-refractivity contribution is -0.115. The maximum absolute atomic E-state index is 13.1. The number of aromatic nitrogens is 7. The van der Waals surface area contributed by atoms with Gasteiger partial charge in [-0.3, -0.25) is 0 Å². The summed E-state index contributed by atoms with van der Waals surface area (Å²) < 4.78 is 82.6. The summed E-state index contributed by atoms with van der Waals surface area (Å²) in [4.78, 5) is 17.0. The molecule has 0 aliphatic heterocycles. The highest BCUT2D eigenvalue weighted by molar-refractivity contribution is 5.88. The van der Waals surface area contributed by atoms with Crippen LogP contribution < -0.4 is 15.4 Å². The Morgan fingerprint density at radius 1 is 1.03 bits per heavy atom. The molecule has 1 aromatic carbocycles. The minimum absolute atomic E-state index is 0.0727. The molecule has 0 bridgehead atoms. The van der Waals surface area contributed by atoms with Crippen molar-refractivity contribution in [3.05, 3.63) is 72.7 Å². The Balaban J connectivity index is 1.38. The molecule has 0 radical (unpaired) electrons. The predicted molar refractivity (Wildman–Crippen MR) is 135 cm³/mol. The molecule has 0 spiro atoms. The zero-order valence-corrected chi connectivity index (χ0v) is 19.4. The smallest absolute Gasteiger partial charge is 0.405 e. The lowest BCUT2D eigenvalue weighted by Crippen LogP contribution is -2.22. The first-order valence-electron chi connectivity index (χ1n) is 13.6. The summed E-state index contributed by atoms with van der Waals surface area (Å²) >= 11 is 0. The molecule has 0 saturated carbocycles. The highest BCUT2D eigenvalue weighted by Gasteiger charge is 2.27. The van der Waals surface area contributed by atoms with E-state index in [0.717, 1.165) is 11.3 Å². The Kier molecular flexibility index (Phi) is 5.42. The summed E-state index contributed by atoms with van der Waals surface area (Å²) in [6, 6.07) is 13.2. The first-order valence-corrected chi connectivity index (χ1v) is 11.1. The highest BCUT2D eigenvalue weighted by atomic mass is 19.4. The SMILES string of the molecule is [2H]C([2H])([2H])C([2H])([2H])Oc1ccc(-c2ccc3nc(NCc4ccc(-n5ccnn5)cc4)nc(NCC(F)(F)F)c3n2)cn1. The van der Waals surface area contributed by atoms with E-state index in [4.69, 9.17) is 11.6 Å². The van der Waals surface area contributed by atoms with Gasteiger partial charge in [0.25, 0.3) is 0 Å². The maximum atomic E-state index is 13.1. The van der Waals surface area contributed by atoms with Crippen molar-refractivity contribution in [1.82, 2.24) is 34.9 Å². The summed E-state index contributed by atoms with van der Waals surface area (Å²) in [5.41, 5.74) is 2.71. The predicted octanol–water partition coefficient (Wildman–Crippen LogP) is 4.65. The summed E-state index contributed by atoms with van der Waals surface area (Å²) in [6.45, 7) is -7.07. The molecule has 0 fully saturated rings. The number of hydrogen-bond donors (Lipinski definition) is 2. The van der Waals surface area contributed by atoms with Gasteiger partial charge in [-0.05, 0) is 42.7 Å². The van der Waals surface area contributed by atoms with E-state index < -0.39 is 26.1 Å². The lowest BCUT2D eigenvalue weighted by atomic mass is 10.2. The van der Waals surface area contributed by atoms with Crippen LogP contribution in [0.5, 0.6) is 5.88 Å². The number of pyridine rings is 2. The van der Waals surface area contributed by atoms with E-state index >= 15 is 0 Å². The van der Waals surface area contributed by atoms with Gasteiger partial charge in [0.05, 0.1) is 38.6 Å². The van der Waals surface area contributed by atoms with Gasteiger partial charge in [-0.15, -0.1) is 5.10 Å². The van der Waals surface area contributed by atoms with Crippen LogP contribution in [0.1, 0.15) is 19.3 Å². The van der Waals surface area contributed by atoms with Gasteiger partial charge in [-0.2, -0.15) is 18.2 Å². The number of nitrogens with zero attached hydrogens (tertiary/aromatic N) is 7. The van der Waals surface area contributed by atoms with Crippen LogP contribution in [0.4, 0.5) is 24.9 Å². The van der Waals surface area contributed by atoms with Crippen LogP contribution in [-0.2, 0) is 6.54 Å². The van der Waals surface area contributed by atoms with Crippen molar-refractivity contribution in [3.63, 3.8) is 0 Å². The fourth-order valence-corrected chi connectivity index (χ4v) is 3.50. The Morgan fingerprint density at radius 3 is 2.61 bits per heavy atom. The number of anilines is 2. The number of benzene rings is 1. The number of hydrogen-bond acceptors (Lipinski definition) is 9. The van der Waals surface area contributed by atoms with E-state index in [9.17, 15) is 13.2 Å². The minimum Gasteiger partial charge on any atom is -0.478 e. The van der Waals surface area contributed by atoms with Crippen LogP contribution in [0.2, 0.25) is 0 Å². The molecule has 0 atom stereocenters. The van der Waals surface area contributed by atoms with E-state index in [0.29, 0.717) is 11.3 Å². The number of nitrogens with one attached hydrogen (secondary N) is 2. The van der Waals surface area contributed by atoms with E-state index in [-0.39, 0.29) is 35.2 Å². The molecule has 38 heavy (non-hydrogen) atoms. The van der Waals surface area contributed by atoms with Crippen molar-refractivity contribution in [2.75, 3.05) is 23.7 Å². The van der Waals surface area contributed by atoms with Gasteiger partial charge in [-0.25, -0.2) is 19.6 Å². The first-order chi connectivity index (χ1) is 20.3. The Hall–Kier alpha value is -4.81. The van der Waals surface area contributed by atoms with Gasteiger partial charge in [0.15, 0.2) is 5.82 Å². The van der Waals surface area contributed by atoms with Crippen LogP contribution in [0.25, 0.3) is 28.0 Å². The molecule has 194 valence electrons. The van der Waals surface area contributed by atoms with Gasteiger partial charge in [0.1, 0.15) is 12.1 Å². The molecule has 4 heterocycles. The molecule has 5 rings (SSSR count). The molecule has 4 aromatic heterocycles. The average Bonchev–Trinajstić information content (AvgIpc) is 3.49. The number of fused-ring (bicyclic) bond motifs is 1. The Labute approximate surface area is 222 Å². The molecular formula is C25H22F3N9O. The van der Waals surface area contributed by atoms with Gasteiger partial charge < -0.3 is 15.4 Å². The van der Waals surface area contributed by atoms with Crippen LogP contribution >= 0.6 is 0 Å². The van der Waals surface area contributed by atoms with Gasteiger partial charge >= 0.3 is 6.18 Å². The summed E-state index contributed by atoms with van der Waals surface area (Å²) in [7, 11) is 0. The van der Waals surface area contributed by atoms with E-state index in [2.05, 4.69) is 40.9 Å². The molecule has 0 amide bonds. The summed E-state index contributed by atoms with van der Waals surface area (Å²) in [5, 5.41) is 13.0. The molecule has 2 N–H and O–H groups in total. The third-order valence-electron chi connectivity index (χ3n) is 5.26. The standard InChI is InChI=1S/C25H22F3N9O/c1-2-38-21-10-5-17(14-29-21)19-8-9-20-22(33-19)23(31-15-25(26,27)28)35-24(34-20)30-13-16-3-6-18(7-4-16)37-12-11-32-36-37/h3-12,14H,2,13,15H2,1H3,(H2,30,31,34,35)/i1D3,2D2. The Bertz CT molecular complexity index is 1700. The fraction of sp³-hybridized carbons (Fsp3) is 0.200. The van der Waals surface area contributed by atoms with Crippen LogP contribution in [0.15, 0.2) is 67.1 Å². The average molecular weight is 527 g/mol. The van der Waals surface area contributed by atoms with Crippen molar-refractivity contribution in [1.29, 1.82) is 0 Å². The van der Waals surface area contributed by atoms with Crippen molar-refractivity contribution in [2.24, 2.45) is 0 Å².